The molecule has 0 saturated heterocycles. The Bertz CT molecular complexity index is 487. The average molecular weight is 314 g/mol. The molecular weight excluding hydrogens is 292 g/mol. The molecule has 0 saturated carbocycles. The summed E-state index contributed by atoms with van der Waals surface area (Å²) in [5.41, 5.74) is 0.788. The summed E-state index contributed by atoms with van der Waals surface area (Å²) < 4.78 is 4.96. The predicted octanol–water partition coefficient (Wildman–Crippen LogP) is 1.49. The first-order chi connectivity index (χ1) is 10.0. The van der Waals surface area contributed by atoms with E-state index in [1.807, 2.05) is 18.7 Å². The number of carbonyl (C=O) groups is 2. The minimum atomic E-state index is -0.365. The lowest BCUT2D eigenvalue weighted by Gasteiger charge is -2.17. The van der Waals surface area contributed by atoms with Crippen molar-refractivity contribution in [3.63, 3.8) is 0 Å². The van der Waals surface area contributed by atoms with E-state index in [-0.39, 0.29) is 25.0 Å². The Labute approximate surface area is 128 Å². The van der Waals surface area contributed by atoms with Gasteiger partial charge in [-0.15, -0.1) is 11.3 Å². The Hall–Kier alpha value is -1.44. The van der Waals surface area contributed by atoms with E-state index >= 15 is 0 Å². The molecule has 1 heterocycles. The third kappa shape index (κ3) is 5.45. The van der Waals surface area contributed by atoms with Crippen molar-refractivity contribution in [2.24, 2.45) is 0 Å². The maximum Gasteiger partial charge on any atom is 0.348 e. The quantitative estimate of drug-likeness (QED) is 0.711. The minimum Gasteiger partial charge on any atom is -0.462 e. The molecule has 21 heavy (non-hydrogen) atoms. The summed E-state index contributed by atoms with van der Waals surface area (Å²) >= 11 is 1.21. The molecule has 0 bridgehead atoms. The molecule has 2 N–H and O–H groups in total. The van der Waals surface area contributed by atoms with Gasteiger partial charge in [0.15, 0.2) is 0 Å². The lowest BCUT2D eigenvalue weighted by molar-refractivity contribution is -0.117. The molecule has 0 aliphatic heterocycles. The zero-order chi connectivity index (χ0) is 15.8. The summed E-state index contributed by atoms with van der Waals surface area (Å²) in [5.74, 6) is -0.530. The molecule has 118 valence electrons. The highest BCUT2D eigenvalue weighted by Gasteiger charge is 2.16. The first-order valence-corrected chi connectivity index (χ1v) is 7.74. The first-order valence-electron chi connectivity index (χ1n) is 6.92. The molecule has 1 aromatic heterocycles. The normalized spacial score (nSPS) is 10.7. The van der Waals surface area contributed by atoms with Crippen LogP contribution in [0.15, 0.2) is 6.07 Å². The number of carbonyl (C=O) groups excluding carboxylic acids is 2. The van der Waals surface area contributed by atoms with Crippen LogP contribution in [0.25, 0.3) is 0 Å². The summed E-state index contributed by atoms with van der Waals surface area (Å²) in [6, 6.07) is 1.76. The second-order valence-corrected chi connectivity index (χ2v) is 5.54. The molecule has 0 aliphatic rings. The van der Waals surface area contributed by atoms with Crippen molar-refractivity contribution >= 4 is 28.2 Å². The zero-order valence-electron chi connectivity index (χ0n) is 12.6. The van der Waals surface area contributed by atoms with Crippen molar-refractivity contribution in [1.29, 1.82) is 0 Å². The summed E-state index contributed by atoms with van der Waals surface area (Å²) in [6.45, 7) is 7.19. The van der Waals surface area contributed by atoms with Crippen LogP contribution < -0.4 is 5.32 Å². The van der Waals surface area contributed by atoms with Crippen LogP contribution in [0.2, 0.25) is 0 Å². The molecule has 0 aromatic carbocycles. The van der Waals surface area contributed by atoms with Gasteiger partial charge in [0.05, 0.1) is 24.8 Å². The third-order valence-electron chi connectivity index (χ3n) is 2.87. The molecular formula is C14H22N2O4S. The van der Waals surface area contributed by atoms with Gasteiger partial charge in [-0.2, -0.15) is 0 Å². The Balaban J connectivity index is 2.64. The highest BCUT2D eigenvalue weighted by molar-refractivity contribution is 7.18. The number of likely N-dealkylation sites (N-methyl/N-ethyl adjacent to an activating group) is 1. The topological polar surface area (TPSA) is 78.9 Å². The first kappa shape index (κ1) is 17.6. The van der Waals surface area contributed by atoms with Crippen molar-refractivity contribution in [2.45, 2.75) is 20.8 Å². The van der Waals surface area contributed by atoms with Crippen molar-refractivity contribution < 1.29 is 19.4 Å². The van der Waals surface area contributed by atoms with Gasteiger partial charge in [0.2, 0.25) is 5.91 Å². The summed E-state index contributed by atoms with van der Waals surface area (Å²) in [7, 11) is 0. The number of nitrogens with zero attached hydrogens (tertiary/aromatic N) is 1. The van der Waals surface area contributed by atoms with Crippen LogP contribution >= 0.6 is 11.3 Å². The molecule has 0 spiro atoms. The van der Waals surface area contributed by atoms with Crippen LogP contribution in [0, 0.1) is 6.92 Å². The minimum absolute atomic E-state index is 0.0201. The summed E-state index contributed by atoms with van der Waals surface area (Å²) in [6.07, 6.45) is 0. The second-order valence-electron chi connectivity index (χ2n) is 4.48. The van der Waals surface area contributed by atoms with Crippen LogP contribution in [0.5, 0.6) is 0 Å². The summed E-state index contributed by atoms with van der Waals surface area (Å²) in [4.78, 5) is 26.0. The van der Waals surface area contributed by atoms with Crippen LogP contribution in [0.1, 0.15) is 29.1 Å². The van der Waals surface area contributed by atoms with E-state index in [1.165, 1.54) is 11.3 Å². The monoisotopic (exact) mass is 314 g/mol. The third-order valence-corrected chi connectivity index (χ3v) is 4.00. The number of ether oxygens (including phenoxy) is 1. The van der Waals surface area contributed by atoms with Crippen molar-refractivity contribution in [3.05, 3.63) is 16.5 Å². The number of rotatable bonds is 8. The zero-order valence-corrected chi connectivity index (χ0v) is 13.5. The van der Waals surface area contributed by atoms with Gasteiger partial charge < -0.3 is 15.2 Å². The number of hydrogen-bond acceptors (Lipinski definition) is 6. The smallest absolute Gasteiger partial charge is 0.348 e. The van der Waals surface area contributed by atoms with E-state index < -0.39 is 0 Å². The molecule has 7 heteroatoms. The van der Waals surface area contributed by atoms with Crippen molar-refractivity contribution in [2.75, 3.05) is 38.2 Å². The van der Waals surface area contributed by atoms with Gasteiger partial charge in [0.1, 0.15) is 4.88 Å². The number of aliphatic hydroxyl groups excluding tert-OH is 1. The number of hydrogen-bond donors (Lipinski definition) is 2. The van der Waals surface area contributed by atoms with Gasteiger partial charge in [-0.3, -0.25) is 9.69 Å². The number of anilines is 1. The Morgan fingerprint density at radius 2 is 2.14 bits per heavy atom. The Kier molecular flexibility index (Phi) is 7.35. The highest BCUT2D eigenvalue weighted by Crippen LogP contribution is 2.27. The Morgan fingerprint density at radius 3 is 2.71 bits per heavy atom. The maximum atomic E-state index is 11.9. The highest BCUT2D eigenvalue weighted by atomic mass is 32.1. The van der Waals surface area contributed by atoms with Crippen LogP contribution in [0.4, 0.5) is 5.00 Å². The van der Waals surface area contributed by atoms with Gasteiger partial charge >= 0.3 is 5.97 Å². The fraction of sp³-hybridized carbons (Fsp3) is 0.571. The van der Waals surface area contributed by atoms with Crippen molar-refractivity contribution in [1.82, 2.24) is 4.90 Å². The lowest BCUT2D eigenvalue weighted by Crippen LogP contribution is -2.34. The van der Waals surface area contributed by atoms with Crippen molar-refractivity contribution in [3.8, 4) is 0 Å². The number of esters is 1. The van der Waals surface area contributed by atoms with Crippen LogP contribution in [-0.4, -0.2) is 54.7 Å². The fourth-order valence-corrected chi connectivity index (χ4v) is 2.80. The molecule has 1 rings (SSSR count). The van der Waals surface area contributed by atoms with Gasteiger partial charge in [0.25, 0.3) is 0 Å². The predicted molar refractivity (Wildman–Crippen MR) is 82.8 cm³/mol. The van der Waals surface area contributed by atoms with Gasteiger partial charge in [-0.25, -0.2) is 4.79 Å². The van der Waals surface area contributed by atoms with E-state index in [2.05, 4.69) is 5.32 Å². The molecule has 6 nitrogen and oxygen atoms in total. The van der Waals surface area contributed by atoms with Gasteiger partial charge in [0, 0.05) is 6.54 Å². The Morgan fingerprint density at radius 1 is 1.43 bits per heavy atom. The maximum absolute atomic E-state index is 11.9. The molecule has 0 unspecified atom stereocenters. The SMILES string of the molecule is CCOC(=O)c1sc(NC(=O)CN(CC)CCO)cc1C. The average Bonchev–Trinajstić information content (AvgIpc) is 2.79. The van der Waals surface area contributed by atoms with E-state index in [9.17, 15) is 9.59 Å². The van der Waals surface area contributed by atoms with Gasteiger partial charge in [-0.1, -0.05) is 6.92 Å². The molecule has 1 aromatic rings. The largest absolute Gasteiger partial charge is 0.462 e. The van der Waals surface area contributed by atoms with E-state index in [1.54, 1.807) is 13.0 Å². The molecule has 0 fully saturated rings. The number of aliphatic hydroxyl groups is 1. The van der Waals surface area contributed by atoms with Gasteiger partial charge in [-0.05, 0) is 32.0 Å². The number of thiophene rings is 1. The number of nitrogens with one attached hydrogen (secondary N) is 1. The van der Waals surface area contributed by atoms with E-state index in [4.69, 9.17) is 9.84 Å². The number of aryl methyl sites for hydroxylation is 1. The lowest BCUT2D eigenvalue weighted by atomic mass is 10.3. The molecule has 0 atom stereocenters. The standard InChI is InChI=1S/C14H22N2O4S/c1-4-16(6-7-17)9-11(18)15-12-8-10(3)13(21-12)14(19)20-5-2/h8,17H,4-7,9H2,1-3H3,(H,15,18). The second kappa shape index (κ2) is 8.76. The summed E-state index contributed by atoms with van der Waals surface area (Å²) in [5, 5.41) is 12.3. The number of amides is 1. The van der Waals surface area contributed by atoms with Crippen LogP contribution in [-0.2, 0) is 9.53 Å². The molecule has 1 amide bonds. The molecule has 0 radical (unpaired) electrons. The molecule has 0 aliphatic carbocycles. The van der Waals surface area contributed by atoms with E-state index in [0.717, 1.165) is 5.56 Å². The van der Waals surface area contributed by atoms with Crippen LogP contribution in [0.3, 0.4) is 0 Å². The fourth-order valence-electron chi connectivity index (χ4n) is 1.81. The van der Waals surface area contributed by atoms with E-state index in [0.29, 0.717) is 29.6 Å².